The summed E-state index contributed by atoms with van der Waals surface area (Å²) >= 11 is 0. The molecule has 0 saturated heterocycles. The van der Waals surface area contributed by atoms with Crippen molar-refractivity contribution in [1.29, 1.82) is 0 Å². The van der Waals surface area contributed by atoms with Gasteiger partial charge in [0.05, 0.1) is 11.4 Å². The zero-order chi connectivity index (χ0) is 18.7. The zero-order valence-electron chi connectivity index (χ0n) is 15.9. The van der Waals surface area contributed by atoms with Crippen LogP contribution in [0.1, 0.15) is 36.8 Å². The van der Waals surface area contributed by atoms with Gasteiger partial charge in [0.25, 0.3) is 0 Å². The Morgan fingerprint density at radius 2 is 1.33 bits per heavy atom. The molecule has 0 N–H and O–H groups in total. The molecule has 4 heteroatoms. The van der Waals surface area contributed by atoms with E-state index in [9.17, 15) is 0 Å². The fraction of sp³-hybridized carbons (Fsp3) is 0.348. The van der Waals surface area contributed by atoms with Crippen molar-refractivity contribution in [2.45, 2.75) is 25.7 Å². The predicted molar refractivity (Wildman–Crippen MR) is 110 cm³/mol. The highest BCUT2D eigenvalue weighted by atomic mass is 16.5. The van der Waals surface area contributed by atoms with Crippen LogP contribution in [-0.2, 0) is 9.47 Å². The van der Waals surface area contributed by atoms with E-state index < -0.39 is 0 Å². The number of nitrogens with zero attached hydrogens (tertiary/aromatic N) is 2. The molecule has 1 aliphatic heterocycles. The molecule has 2 aromatic rings. The van der Waals surface area contributed by atoms with Crippen molar-refractivity contribution in [3.05, 3.63) is 71.8 Å². The van der Waals surface area contributed by atoms with Crippen LogP contribution in [0.2, 0.25) is 0 Å². The van der Waals surface area contributed by atoms with E-state index in [0.29, 0.717) is 0 Å². The lowest BCUT2D eigenvalue weighted by Crippen LogP contribution is -2.10. The molecule has 1 aliphatic rings. The monoisotopic (exact) mass is 363 g/mol. The number of hydrogen-bond donors (Lipinski definition) is 0. The van der Waals surface area contributed by atoms with Crippen LogP contribution >= 0.6 is 0 Å². The number of aliphatic imine (C=N–C) groups is 1. The van der Waals surface area contributed by atoms with Crippen LogP contribution in [-0.4, -0.2) is 32.8 Å². The first-order valence-electron chi connectivity index (χ1n) is 9.59. The van der Waals surface area contributed by atoms with Crippen molar-refractivity contribution in [2.75, 3.05) is 26.9 Å². The van der Waals surface area contributed by atoms with Crippen molar-refractivity contribution >= 4 is 17.2 Å². The first-order chi connectivity index (χ1) is 13.4. The van der Waals surface area contributed by atoms with E-state index in [1.165, 1.54) is 0 Å². The Bertz CT molecular complexity index is 754. The lowest BCUT2D eigenvalue weighted by atomic mass is 10.1. The topological polar surface area (TPSA) is 44.9 Å². The molecule has 3 rings (SSSR count). The van der Waals surface area contributed by atoms with E-state index in [0.717, 1.165) is 73.9 Å². The number of methoxy groups -OCH3 is 1. The second-order valence-electron chi connectivity index (χ2n) is 6.48. The van der Waals surface area contributed by atoms with Gasteiger partial charge in [-0.3, -0.25) is 0 Å². The summed E-state index contributed by atoms with van der Waals surface area (Å²) in [5.41, 5.74) is 4.15. The highest BCUT2D eigenvalue weighted by Gasteiger charge is 2.21. The second-order valence-corrected chi connectivity index (χ2v) is 6.48. The molecule has 141 valence electrons. The number of amidine groups is 1. The molecule has 1 heterocycles. The van der Waals surface area contributed by atoms with Crippen LogP contribution in [0.15, 0.2) is 65.7 Å². The maximum Gasteiger partial charge on any atom is 0.129 e. The van der Waals surface area contributed by atoms with Crippen LogP contribution in [0.4, 0.5) is 0 Å². The lowest BCUT2D eigenvalue weighted by molar-refractivity contribution is 0.101. The van der Waals surface area contributed by atoms with Crippen molar-refractivity contribution in [1.82, 2.24) is 5.32 Å². The number of rotatable bonds is 11. The van der Waals surface area contributed by atoms with Crippen LogP contribution in [0.5, 0.6) is 0 Å². The molecule has 0 aliphatic carbocycles. The predicted octanol–water partition coefficient (Wildman–Crippen LogP) is 4.75. The van der Waals surface area contributed by atoms with Gasteiger partial charge in [-0.15, -0.1) is 0 Å². The quantitative estimate of drug-likeness (QED) is 0.541. The average Bonchev–Trinajstić information content (AvgIpc) is 3.15. The van der Waals surface area contributed by atoms with Crippen molar-refractivity contribution in [3.8, 4) is 0 Å². The minimum absolute atomic E-state index is 0.756. The summed E-state index contributed by atoms with van der Waals surface area (Å²) in [6.45, 7) is 2.30. The maximum absolute atomic E-state index is 5.62. The fourth-order valence-electron chi connectivity index (χ4n) is 2.99. The van der Waals surface area contributed by atoms with Gasteiger partial charge in [0, 0.05) is 44.5 Å². The molecule has 0 amide bonds. The number of ether oxygens (including phenoxy) is 2. The molecule has 27 heavy (non-hydrogen) atoms. The summed E-state index contributed by atoms with van der Waals surface area (Å²) in [5, 5.41) is 4.85. The van der Waals surface area contributed by atoms with Gasteiger partial charge in [-0.2, -0.15) is 0 Å². The summed E-state index contributed by atoms with van der Waals surface area (Å²) in [4.78, 5) is 4.85. The third-order valence-corrected chi connectivity index (χ3v) is 4.38. The highest BCUT2D eigenvalue weighted by Crippen LogP contribution is 2.31. The molecule has 2 aromatic carbocycles. The fourth-order valence-corrected chi connectivity index (χ4v) is 2.99. The first kappa shape index (κ1) is 19.3. The molecular formula is C23H27N2O2. The van der Waals surface area contributed by atoms with E-state index in [1.807, 2.05) is 36.4 Å². The average molecular weight is 363 g/mol. The van der Waals surface area contributed by atoms with Gasteiger partial charge in [-0.1, -0.05) is 60.7 Å². The number of unbranched alkanes of at least 4 members (excludes halogenated alkanes) is 1. The Labute approximate surface area is 161 Å². The summed E-state index contributed by atoms with van der Waals surface area (Å²) in [6, 6.07) is 20.6. The third kappa shape index (κ3) is 5.78. The highest BCUT2D eigenvalue weighted by molar-refractivity contribution is 6.07. The number of hydrogen-bond acceptors (Lipinski definition) is 3. The Morgan fingerprint density at radius 3 is 2.00 bits per heavy atom. The van der Waals surface area contributed by atoms with E-state index >= 15 is 0 Å². The van der Waals surface area contributed by atoms with Gasteiger partial charge < -0.3 is 9.47 Å². The Morgan fingerprint density at radius 1 is 0.704 bits per heavy atom. The first-order valence-corrected chi connectivity index (χ1v) is 9.59. The van der Waals surface area contributed by atoms with Crippen LogP contribution in [0, 0.1) is 0 Å². The zero-order valence-corrected chi connectivity index (χ0v) is 15.9. The van der Waals surface area contributed by atoms with Gasteiger partial charge in [0.2, 0.25) is 0 Å². The van der Waals surface area contributed by atoms with Gasteiger partial charge in [-0.25, -0.2) is 10.3 Å². The largest absolute Gasteiger partial charge is 0.385 e. The van der Waals surface area contributed by atoms with Gasteiger partial charge in [-0.05, 0) is 19.3 Å². The van der Waals surface area contributed by atoms with E-state index in [1.54, 1.807) is 7.11 Å². The molecule has 0 unspecified atom stereocenters. The Kier molecular flexibility index (Phi) is 7.63. The van der Waals surface area contributed by atoms with Gasteiger partial charge in [0.1, 0.15) is 5.84 Å². The molecular weight excluding hydrogens is 336 g/mol. The minimum atomic E-state index is 0.756. The molecule has 0 fully saturated rings. The third-order valence-electron chi connectivity index (χ3n) is 4.38. The summed E-state index contributed by atoms with van der Waals surface area (Å²) in [5.74, 6) is 0.909. The van der Waals surface area contributed by atoms with Crippen molar-refractivity contribution < 1.29 is 9.47 Å². The van der Waals surface area contributed by atoms with Crippen LogP contribution in [0.3, 0.4) is 0 Å². The van der Waals surface area contributed by atoms with Crippen LogP contribution < -0.4 is 5.32 Å². The standard InChI is InChI=1S/C23H27N2O2/c1-26-16-10-18-27-17-9-8-15-21-24-22(19-11-4-2-5-12-19)23(25-21)20-13-6-3-7-14-20/h2-7,11-14H,8-10,15-18H2,1H3. The Hall–Kier alpha value is -2.43. The Balaban J connectivity index is 1.56. The molecule has 4 nitrogen and oxygen atoms in total. The normalized spacial score (nSPS) is 13.6. The molecule has 1 radical (unpaired) electrons. The molecule has 0 aromatic heterocycles. The summed E-state index contributed by atoms with van der Waals surface area (Å²) in [7, 11) is 1.72. The number of benzene rings is 2. The maximum atomic E-state index is 5.62. The smallest absolute Gasteiger partial charge is 0.129 e. The molecule has 0 saturated carbocycles. The van der Waals surface area contributed by atoms with Crippen molar-refractivity contribution in [3.63, 3.8) is 0 Å². The van der Waals surface area contributed by atoms with Gasteiger partial charge >= 0.3 is 0 Å². The summed E-state index contributed by atoms with van der Waals surface area (Å²) < 4.78 is 10.6. The minimum Gasteiger partial charge on any atom is -0.385 e. The molecule has 0 bridgehead atoms. The second kappa shape index (κ2) is 10.7. The molecule has 0 spiro atoms. The SMILES string of the molecule is COCCCOCCCCC1=NC(c2ccccc2)=C(c2ccccc2)[N]1. The van der Waals surface area contributed by atoms with E-state index in [2.05, 4.69) is 24.3 Å². The molecule has 0 atom stereocenters. The lowest BCUT2D eigenvalue weighted by Gasteiger charge is -2.06. The van der Waals surface area contributed by atoms with E-state index in [4.69, 9.17) is 19.8 Å². The van der Waals surface area contributed by atoms with E-state index in [-0.39, 0.29) is 0 Å². The van der Waals surface area contributed by atoms with Gasteiger partial charge in [0.15, 0.2) is 0 Å². The van der Waals surface area contributed by atoms with Crippen molar-refractivity contribution in [2.24, 2.45) is 4.99 Å². The summed E-state index contributed by atoms with van der Waals surface area (Å²) in [6.07, 6.45) is 3.86. The van der Waals surface area contributed by atoms with Crippen LogP contribution in [0.25, 0.3) is 11.4 Å².